The van der Waals surface area contributed by atoms with Crippen LogP contribution in [0.5, 0.6) is 5.75 Å². The van der Waals surface area contributed by atoms with Gasteiger partial charge in [0.2, 0.25) is 0 Å². The number of hydrogen-bond donors (Lipinski definition) is 2. The first-order valence-electron chi connectivity index (χ1n) is 6.00. The molecule has 0 heterocycles. The summed E-state index contributed by atoms with van der Waals surface area (Å²) in [5.41, 5.74) is 0.344. The molecule has 0 spiro atoms. The molecule has 6 nitrogen and oxygen atoms in total. The number of rotatable bonds is 6. The van der Waals surface area contributed by atoms with Crippen LogP contribution < -0.4 is 15.4 Å². The Balaban J connectivity index is 2.57. The summed E-state index contributed by atoms with van der Waals surface area (Å²) in [6, 6.07) is 4.74. The Morgan fingerprint density at radius 1 is 1.25 bits per heavy atom. The predicted octanol–water partition coefficient (Wildman–Crippen LogP) is 1.44. The molecular weight excluding hydrogens is 284 g/mol. The average molecular weight is 301 g/mol. The van der Waals surface area contributed by atoms with Crippen LogP contribution in [0, 0.1) is 0 Å². The molecule has 1 aromatic rings. The third-order valence-electron chi connectivity index (χ3n) is 2.43. The quantitative estimate of drug-likeness (QED) is 0.616. The fraction of sp³-hybridized carbons (Fsp3) is 0.385. The lowest BCUT2D eigenvalue weighted by molar-refractivity contribution is -0.136. The molecule has 0 atom stereocenters. The highest BCUT2D eigenvalue weighted by Crippen LogP contribution is 2.27. The van der Waals surface area contributed by atoms with E-state index in [1.165, 1.54) is 13.2 Å². The molecule has 7 heteroatoms. The molecule has 110 valence electrons. The Bertz CT molecular complexity index is 479. The second kappa shape index (κ2) is 8.39. The van der Waals surface area contributed by atoms with Crippen molar-refractivity contribution in [3.63, 3.8) is 0 Å². The van der Waals surface area contributed by atoms with E-state index in [1.807, 2.05) is 0 Å². The summed E-state index contributed by atoms with van der Waals surface area (Å²) in [7, 11) is 3.03. The number of carbonyl (C=O) groups excluding carboxylic acids is 2. The predicted molar refractivity (Wildman–Crippen MR) is 76.1 cm³/mol. The standard InChI is InChI=1S/C13H17ClN2O4/c1-19-7-3-6-15-12(17)13(18)16-10-8-9(14)4-5-11(10)20-2/h4-5,8H,3,6-7H2,1-2H3,(H,15,17)(H,16,18). The summed E-state index contributed by atoms with van der Waals surface area (Å²) >= 11 is 5.83. The van der Waals surface area contributed by atoms with E-state index in [4.69, 9.17) is 21.1 Å². The fourth-order valence-electron chi connectivity index (χ4n) is 1.46. The van der Waals surface area contributed by atoms with Crippen molar-refractivity contribution in [3.05, 3.63) is 23.2 Å². The van der Waals surface area contributed by atoms with Gasteiger partial charge < -0.3 is 20.1 Å². The number of amides is 2. The van der Waals surface area contributed by atoms with Crippen molar-refractivity contribution in [2.24, 2.45) is 0 Å². The summed E-state index contributed by atoms with van der Waals surface area (Å²) in [5.74, 6) is -1.07. The second-order valence-corrected chi connectivity index (χ2v) is 4.34. The zero-order valence-corrected chi connectivity index (χ0v) is 12.1. The Hall–Kier alpha value is -1.79. The Morgan fingerprint density at radius 2 is 2.00 bits per heavy atom. The second-order valence-electron chi connectivity index (χ2n) is 3.90. The van der Waals surface area contributed by atoms with E-state index in [0.717, 1.165) is 0 Å². The molecule has 0 saturated carbocycles. The molecule has 0 fully saturated rings. The maximum atomic E-state index is 11.7. The molecule has 2 amide bonds. The molecule has 0 saturated heterocycles. The first-order chi connectivity index (χ1) is 9.58. The number of nitrogens with one attached hydrogen (secondary N) is 2. The molecule has 0 aliphatic carbocycles. The van der Waals surface area contributed by atoms with Gasteiger partial charge >= 0.3 is 11.8 Å². The number of halogens is 1. The molecule has 0 aliphatic heterocycles. The minimum Gasteiger partial charge on any atom is -0.495 e. The first kappa shape index (κ1) is 16.3. The van der Waals surface area contributed by atoms with Crippen molar-refractivity contribution < 1.29 is 19.1 Å². The van der Waals surface area contributed by atoms with Gasteiger partial charge in [-0.25, -0.2) is 0 Å². The Labute approximate surface area is 122 Å². The lowest BCUT2D eigenvalue weighted by Crippen LogP contribution is -2.36. The number of ether oxygens (including phenoxy) is 2. The summed E-state index contributed by atoms with van der Waals surface area (Å²) < 4.78 is 9.91. The van der Waals surface area contributed by atoms with Gasteiger partial charge in [0.15, 0.2) is 0 Å². The van der Waals surface area contributed by atoms with Crippen molar-refractivity contribution in [1.29, 1.82) is 0 Å². The summed E-state index contributed by atoms with van der Waals surface area (Å²) in [4.78, 5) is 23.3. The molecule has 0 bridgehead atoms. The smallest absolute Gasteiger partial charge is 0.313 e. The van der Waals surface area contributed by atoms with Gasteiger partial charge in [0.05, 0.1) is 12.8 Å². The summed E-state index contributed by atoms with van der Waals surface area (Å²) in [6.45, 7) is 0.886. The van der Waals surface area contributed by atoms with Gasteiger partial charge in [-0.05, 0) is 24.6 Å². The number of carbonyl (C=O) groups is 2. The fourth-order valence-corrected chi connectivity index (χ4v) is 1.63. The molecule has 0 radical (unpaired) electrons. The van der Waals surface area contributed by atoms with Crippen LogP contribution in [0.25, 0.3) is 0 Å². The minimum atomic E-state index is -0.775. The van der Waals surface area contributed by atoms with Gasteiger partial charge in [-0.3, -0.25) is 9.59 Å². The van der Waals surface area contributed by atoms with Gasteiger partial charge in [-0.2, -0.15) is 0 Å². The van der Waals surface area contributed by atoms with Gasteiger partial charge in [-0.1, -0.05) is 11.6 Å². The van der Waals surface area contributed by atoms with E-state index < -0.39 is 11.8 Å². The largest absolute Gasteiger partial charge is 0.495 e. The number of anilines is 1. The monoisotopic (exact) mass is 300 g/mol. The van der Waals surface area contributed by atoms with Gasteiger partial charge in [-0.15, -0.1) is 0 Å². The van der Waals surface area contributed by atoms with Crippen molar-refractivity contribution in [2.45, 2.75) is 6.42 Å². The minimum absolute atomic E-state index is 0.344. The molecule has 1 rings (SSSR count). The zero-order chi connectivity index (χ0) is 15.0. The maximum Gasteiger partial charge on any atom is 0.313 e. The Kier molecular flexibility index (Phi) is 6.83. The first-order valence-corrected chi connectivity index (χ1v) is 6.38. The van der Waals surface area contributed by atoms with Crippen molar-refractivity contribution in [2.75, 3.05) is 32.7 Å². The number of hydrogen-bond acceptors (Lipinski definition) is 4. The SMILES string of the molecule is COCCCNC(=O)C(=O)Nc1cc(Cl)ccc1OC. The van der Waals surface area contributed by atoms with Crippen LogP contribution in [-0.4, -0.2) is 39.2 Å². The molecule has 2 N–H and O–H groups in total. The highest BCUT2D eigenvalue weighted by molar-refractivity contribution is 6.40. The van der Waals surface area contributed by atoms with Crippen LogP contribution in [0.15, 0.2) is 18.2 Å². The summed E-state index contributed by atoms with van der Waals surface area (Å²) in [5, 5.41) is 5.37. The van der Waals surface area contributed by atoms with Crippen molar-refractivity contribution in [3.8, 4) is 5.75 Å². The topological polar surface area (TPSA) is 76.7 Å². The van der Waals surface area contributed by atoms with Crippen LogP contribution in [0.3, 0.4) is 0 Å². The van der Waals surface area contributed by atoms with Gasteiger partial charge in [0.25, 0.3) is 0 Å². The Morgan fingerprint density at radius 3 is 2.65 bits per heavy atom. The van der Waals surface area contributed by atoms with Crippen LogP contribution in [0.1, 0.15) is 6.42 Å². The van der Waals surface area contributed by atoms with E-state index in [9.17, 15) is 9.59 Å². The van der Waals surface area contributed by atoms with E-state index in [1.54, 1.807) is 19.2 Å². The lowest BCUT2D eigenvalue weighted by atomic mass is 10.3. The normalized spacial score (nSPS) is 9.95. The number of methoxy groups -OCH3 is 2. The summed E-state index contributed by atoms with van der Waals surface area (Å²) in [6.07, 6.45) is 0.635. The third-order valence-corrected chi connectivity index (χ3v) is 2.66. The molecular formula is C13H17ClN2O4. The molecule has 20 heavy (non-hydrogen) atoms. The van der Waals surface area contributed by atoms with Crippen molar-refractivity contribution >= 4 is 29.1 Å². The highest BCUT2D eigenvalue weighted by Gasteiger charge is 2.15. The van der Waals surface area contributed by atoms with Gasteiger partial charge in [0.1, 0.15) is 5.75 Å². The van der Waals surface area contributed by atoms with Crippen LogP contribution in [0.2, 0.25) is 5.02 Å². The molecule has 0 aliphatic rings. The van der Waals surface area contributed by atoms with Crippen LogP contribution in [0.4, 0.5) is 5.69 Å². The third kappa shape index (κ3) is 5.07. The molecule has 0 unspecified atom stereocenters. The number of benzene rings is 1. The van der Waals surface area contributed by atoms with Gasteiger partial charge in [0, 0.05) is 25.3 Å². The van der Waals surface area contributed by atoms with E-state index in [0.29, 0.717) is 36.0 Å². The highest BCUT2D eigenvalue weighted by atomic mass is 35.5. The lowest BCUT2D eigenvalue weighted by Gasteiger charge is -2.10. The molecule has 0 aromatic heterocycles. The van der Waals surface area contributed by atoms with E-state index >= 15 is 0 Å². The van der Waals surface area contributed by atoms with Crippen LogP contribution >= 0.6 is 11.6 Å². The van der Waals surface area contributed by atoms with E-state index in [-0.39, 0.29) is 0 Å². The zero-order valence-electron chi connectivity index (χ0n) is 11.4. The van der Waals surface area contributed by atoms with Crippen molar-refractivity contribution in [1.82, 2.24) is 5.32 Å². The van der Waals surface area contributed by atoms with Crippen LogP contribution in [-0.2, 0) is 14.3 Å². The maximum absolute atomic E-state index is 11.7. The average Bonchev–Trinajstić information content (AvgIpc) is 2.43. The molecule has 1 aromatic carbocycles. The van der Waals surface area contributed by atoms with E-state index in [2.05, 4.69) is 10.6 Å².